The van der Waals surface area contributed by atoms with Crippen LogP contribution in [0.5, 0.6) is 0 Å². The smallest absolute Gasteiger partial charge is 0.472 e. The van der Waals surface area contributed by atoms with Gasteiger partial charge in [-0.05, 0) is 44.9 Å². The van der Waals surface area contributed by atoms with Gasteiger partial charge in [-0.3, -0.25) is 23.4 Å². The molecule has 3 atom stereocenters. The Morgan fingerprint density at radius 1 is 0.574 bits per heavy atom. The zero-order chi connectivity index (χ0) is 40.0. The summed E-state index contributed by atoms with van der Waals surface area (Å²) in [5.41, 5.74) is 5.33. The fourth-order valence-electron chi connectivity index (χ4n) is 5.80. The number of hydrogen-bond donors (Lipinski definition) is 3. The van der Waals surface area contributed by atoms with Crippen molar-refractivity contribution in [2.24, 2.45) is 5.73 Å². The summed E-state index contributed by atoms with van der Waals surface area (Å²) in [7, 11) is -4.71. The minimum Gasteiger partial charge on any atom is -0.480 e. The van der Waals surface area contributed by atoms with Gasteiger partial charge in [0.05, 0.1) is 13.2 Å². The molecule has 12 heteroatoms. The second kappa shape index (κ2) is 37.9. The molecule has 0 aliphatic heterocycles. The molecule has 0 rings (SSSR count). The minimum atomic E-state index is -4.71. The topological polar surface area (TPSA) is 172 Å². The number of unbranched alkanes of at least 4 members (excludes halogenated alkanes) is 22. The Morgan fingerprint density at radius 3 is 1.48 bits per heavy atom. The number of phosphoric acid groups is 1. The highest BCUT2D eigenvalue weighted by Crippen LogP contribution is 2.43. The van der Waals surface area contributed by atoms with Crippen molar-refractivity contribution in [2.45, 2.75) is 206 Å². The molecule has 0 fully saturated rings. The molecule has 4 N–H and O–H groups in total. The lowest BCUT2D eigenvalue weighted by molar-refractivity contribution is -0.161. The van der Waals surface area contributed by atoms with E-state index in [-0.39, 0.29) is 19.4 Å². The molecular formula is C42H78NO10P. The number of carbonyl (C=O) groups is 3. The van der Waals surface area contributed by atoms with Crippen molar-refractivity contribution in [1.29, 1.82) is 0 Å². The van der Waals surface area contributed by atoms with Gasteiger partial charge < -0.3 is 25.2 Å². The van der Waals surface area contributed by atoms with Crippen LogP contribution in [0.2, 0.25) is 0 Å². The third-order valence-corrected chi connectivity index (χ3v) is 10.2. The van der Waals surface area contributed by atoms with Crippen LogP contribution in [0.3, 0.4) is 0 Å². The Morgan fingerprint density at radius 2 is 0.981 bits per heavy atom. The van der Waals surface area contributed by atoms with Crippen molar-refractivity contribution < 1.29 is 47.5 Å². The molecule has 0 aliphatic carbocycles. The summed E-state index contributed by atoms with van der Waals surface area (Å²) in [6.45, 7) is 2.77. The van der Waals surface area contributed by atoms with Gasteiger partial charge in [-0.15, -0.1) is 0 Å². The van der Waals surface area contributed by atoms with Crippen LogP contribution in [0.15, 0.2) is 24.3 Å². The predicted octanol–water partition coefficient (Wildman–Crippen LogP) is 11.1. The van der Waals surface area contributed by atoms with E-state index in [0.717, 1.165) is 51.4 Å². The number of carboxylic acids is 1. The van der Waals surface area contributed by atoms with Gasteiger partial charge in [0.1, 0.15) is 12.6 Å². The molecular weight excluding hydrogens is 709 g/mol. The molecule has 316 valence electrons. The summed E-state index contributed by atoms with van der Waals surface area (Å²) in [6, 6.07) is -1.52. The summed E-state index contributed by atoms with van der Waals surface area (Å²) < 4.78 is 32.6. The first-order chi connectivity index (χ1) is 26.1. The minimum absolute atomic E-state index is 0.159. The fourth-order valence-corrected chi connectivity index (χ4v) is 6.58. The largest absolute Gasteiger partial charge is 0.480 e. The molecule has 0 radical (unpaired) electrons. The molecule has 0 aromatic rings. The molecule has 0 heterocycles. The maximum absolute atomic E-state index is 12.6. The molecule has 0 bridgehead atoms. The second-order valence-corrected chi connectivity index (χ2v) is 15.9. The average molecular weight is 788 g/mol. The Labute approximate surface area is 328 Å². The number of rotatable bonds is 40. The zero-order valence-electron chi connectivity index (χ0n) is 34.1. The third-order valence-electron chi connectivity index (χ3n) is 9.20. The van der Waals surface area contributed by atoms with E-state index in [1.165, 1.54) is 103 Å². The molecule has 3 unspecified atom stereocenters. The molecule has 11 nitrogen and oxygen atoms in total. The highest BCUT2D eigenvalue weighted by atomic mass is 31.2. The van der Waals surface area contributed by atoms with Crippen LogP contribution in [0.1, 0.15) is 194 Å². The van der Waals surface area contributed by atoms with Gasteiger partial charge in [-0.25, -0.2) is 4.57 Å². The molecule has 0 aromatic carbocycles. The Bertz CT molecular complexity index is 1020. The van der Waals surface area contributed by atoms with Gasteiger partial charge >= 0.3 is 25.7 Å². The number of nitrogens with two attached hydrogens (primary N) is 1. The Kier molecular flexibility index (Phi) is 36.4. The molecule has 0 spiro atoms. The van der Waals surface area contributed by atoms with E-state index < -0.39 is 51.1 Å². The maximum atomic E-state index is 12.6. The summed E-state index contributed by atoms with van der Waals surface area (Å²) in [4.78, 5) is 45.9. The van der Waals surface area contributed by atoms with E-state index in [9.17, 15) is 23.8 Å². The monoisotopic (exact) mass is 788 g/mol. The summed E-state index contributed by atoms with van der Waals surface area (Å²) in [5.74, 6) is -2.38. The Hall–Kier alpha value is -2.04. The number of allylic oxidation sites excluding steroid dienone is 4. The molecule has 0 aromatic heterocycles. The zero-order valence-corrected chi connectivity index (χ0v) is 35.0. The lowest BCUT2D eigenvalue weighted by atomic mass is 10.1. The molecule has 0 saturated heterocycles. The number of esters is 2. The Balaban J connectivity index is 4.33. The van der Waals surface area contributed by atoms with E-state index in [4.69, 9.17) is 24.8 Å². The van der Waals surface area contributed by atoms with E-state index in [1.54, 1.807) is 0 Å². The second-order valence-electron chi connectivity index (χ2n) is 14.5. The average Bonchev–Trinajstić information content (AvgIpc) is 3.14. The third kappa shape index (κ3) is 36.9. The van der Waals surface area contributed by atoms with Gasteiger partial charge in [-0.2, -0.15) is 0 Å². The van der Waals surface area contributed by atoms with Gasteiger partial charge in [0.2, 0.25) is 0 Å². The van der Waals surface area contributed by atoms with E-state index >= 15 is 0 Å². The number of phosphoric ester groups is 1. The van der Waals surface area contributed by atoms with Crippen molar-refractivity contribution in [1.82, 2.24) is 0 Å². The van der Waals surface area contributed by atoms with Crippen molar-refractivity contribution >= 4 is 25.7 Å². The van der Waals surface area contributed by atoms with Crippen LogP contribution in [-0.4, -0.2) is 59.9 Å². The lowest BCUT2D eigenvalue weighted by Gasteiger charge is -2.20. The number of ether oxygens (including phenoxy) is 2. The van der Waals surface area contributed by atoms with Crippen LogP contribution >= 0.6 is 7.82 Å². The lowest BCUT2D eigenvalue weighted by Crippen LogP contribution is -2.34. The quantitative estimate of drug-likeness (QED) is 0.0233. The van der Waals surface area contributed by atoms with Gasteiger partial charge in [0, 0.05) is 12.8 Å². The molecule has 0 amide bonds. The number of hydrogen-bond acceptors (Lipinski definition) is 9. The predicted molar refractivity (Wildman–Crippen MR) is 217 cm³/mol. The standard InChI is InChI=1S/C42H78NO10P/c1-3-5-7-9-11-13-15-16-17-18-19-20-21-22-24-26-28-30-32-34-41(45)53-38(36-51-54(48,49)52-37-39(43)42(46)47)35-50-40(44)33-31-29-27-25-23-14-12-10-8-6-4-2/h11,13,16-17,38-39H,3-10,12,14-15,18-37,43H2,1-2H3,(H,46,47)(H,48,49)/b13-11-,17-16-. The van der Waals surface area contributed by atoms with Crippen LogP contribution in [0.25, 0.3) is 0 Å². The molecule has 0 aliphatic rings. The normalized spacial score (nSPS) is 14.0. The first-order valence-electron chi connectivity index (χ1n) is 21.4. The van der Waals surface area contributed by atoms with Crippen LogP contribution < -0.4 is 5.73 Å². The van der Waals surface area contributed by atoms with Crippen molar-refractivity contribution in [2.75, 3.05) is 19.8 Å². The summed E-state index contributed by atoms with van der Waals surface area (Å²) in [5, 5.41) is 8.87. The first-order valence-corrected chi connectivity index (χ1v) is 22.9. The SMILES string of the molecule is CCCCC/C=C\C/C=C\CCCCCCCCCCCC(=O)OC(COC(=O)CCCCCCCCCCCCC)COP(=O)(O)OCC(N)C(=O)O. The number of carboxylic acid groups (broad SMARTS) is 1. The highest BCUT2D eigenvalue weighted by molar-refractivity contribution is 7.47. The van der Waals surface area contributed by atoms with Gasteiger partial charge in [-0.1, -0.05) is 160 Å². The number of aliphatic carboxylic acids is 1. The van der Waals surface area contributed by atoms with E-state index in [2.05, 4.69) is 42.7 Å². The number of carbonyl (C=O) groups excluding carboxylic acids is 2. The van der Waals surface area contributed by atoms with Crippen LogP contribution in [-0.2, 0) is 37.5 Å². The van der Waals surface area contributed by atoms with Crippen molar-refractivity contribution in [3.05, 3.63) is 24.3 Å². The summed E-state index contributed by atoms with van der Waals surface area (Å²) in [6.07, 6.45) is 38.1. The van der Waals surface area contributed by atoms with E-state index in [0.29, 0.717) is 12.8 Å². The maximum Gasteiger partial charge on any atom is 0.472 e. The molecule has 0 saturated carbocycles. The fraction of sp³-hybridized carbons (Fsp3) is 0.833. The van der Waals surface area contributed by atoms with Gasteiger partial charge in [0.15, 0.2) is 6.10 Å². The van der Waals surface area contributed by atoms with Crippen LogP contribution in [0.4, 0.5) is 0 Å². The van der Waals surface area contributed by atoms with Crippen molar-refractivity contribution in [3.8, 4) is 0 Å². The van der Waals surface area contributed by atoms with Gasteiger partial charge in [0.25, 0.3) is 0 Å². The highest BCUT2D eigenvalue weighted by Gasteiger charge is 2.28. The van der Waals surface area contributed by atoms with E-state index in [1.807, 2.05) is 0 Å². The first kappa shape index (κ1) is 52.0. The van der Waals surface area contributed by atoms with Crippen LogP contribution in [0, 0.1) is 0 Å². The van der Waals surface area contributed by atoms with Crippen molar-refractivity contribution in [3.63, 3.8) is 0 Å². The summed E-state index contributed by atoms with van der Waals surface area (Å²) >= 11 is 0. The molecule has 54 heavy (non-hydrogen) atoms.